The molecule has 0 aromatic heterocycles. The number of rotatable bonds is 6. The smallest absolute Gasteiger partial charge is 0.225 e. The highest BCUT2D eigenvalue weighted by molar-refractivity contribution is 6.19. The third kappa shape index (κ3) is 4.15. The lowest BCUT2D eigenvalue weighted by atomic mass is 10.2. The number of alkyl halides is 1. The molecule has 17 heavy (non-hydrogen) atoms. The number of hydrogen-bond acceptors (Lipinski definition) is 3. The molecule has 0 bridgehead atoms. The molecule has 0 aliphatic carbocycles. The number of amides is 1. The minimum Gasteiger partial charge on any atom is -0.493 e. The Bertz CT molecular complexity index is 382. The van der Waals surface area contributed by atoms with Crippen molar-refractivity contribution in [1.29, 1.82) is 0 Å². The first-order valence-electron chi connectivity index (χ1n) is 5.38. The van der Waals surface area contributed by atoms with Gasteiger partial charge >= 0.3 is 0 Å². The maximum atomic E-state index is 11.4. The second kappa shape index (κ2) is 7.01. The van der Waals surface area contributed by atoms with E-state index in [-0.39, 0.29) is 12.3 Å². The molecule has 0 fully saturated rings. The molecule has 1 aromatic carbocycles. The first kappa shape index (κ1) is 13.6. The van der Waals surface area contributed by atoms with E-state index in [2.05, 4.69) is 5.32 Å². The van der Waals surface area contributed by atoms with Crippen molar-refractivity contribution < 1.29 is 14.3 Å². The van der Waals surface area contributed by atoms with Gasteiger partial charge in [0.1, 0.15) is 0 Å². The van der Waals surface area contributed by atoms with Crippen molar-refractivity contribution in [2.45, 2.75) is 13.3 Å². The number of carbonyl (C=O) groups excluding carboxylic acids is 1. The van der Waals surface area contributed by atoms with Crippen molar-refractivity contribution in [3.63, 3.8) is 0 Å². The predicted octanol–water partition coefficient (Wildman–Crippen LogP) is 2.66. The van der Waals surface area contributed by atoms with Crippen LogP contribution in [0.3, 0.4) is 0 Å². The van der Waals surface area contributed by atoms with E-state index in [0.717, 1.165) is 0 Å². The molecule has 0 unspecified atom stereocenters. The Morgan fingerprint density at radius 2 is 2.18 bits per heavy atom. The fourth-order valence-electron chi connectivity index (χ4n) is 1.33. The molecular formula is C12H16ClNO3. The quantitative estimate of drug-likeness (QED) is 0.797. The predicted molar refractivity (Wildman–Crippen MR) is 68.1 cm³/mol. The standard InChI is InChI=1S/C12H16ClNO3/c1-3-17-11-8-9(4-5-10(11)16-2)14-12(15)6-7-13/h4-5,8H,3,6-7H2,1-2H3,(H,14,15). The summed E-state index contributed by atoms with van der Waals surface area (Å²) in [7, 11) is 1.57. The third-order valence-corrected chi connectivity index (χ3v) is 2.26. The lowest BCUT2D eigenvalue weighted by Gasteiger charge is -2.11. The summed E-state index contributed by atoms with van der Waals surface area (Å²) in [5.74, 6) is 1.44. The van der Waals surface area contributed by atoms with Gasteiger partial charge < -0.3 is 14.8 Å². The molecule has 0 atom stereocenters. The van der Waals surface area contributed by atoms with Crippen LogP contribution >= 0.6 is 11.6 Å². The van der Waals surface area contributed by atoms with Gasteiger partial charge in [-0.25, -0.2) is 0 Å². The highest BCUT2D eigenvalue weighted by atomic mass is 35.5. The summed E-state index contributed by atoms with van der Waals surface area (Å²) in [5.41, 5.74) is 0.671. The summed E-state index contributed by atoms with van der Waals surface area (Å²) >= 11 is 5.49. The van der Waals surface area contributed by atoms with Gasteiger partial charge in [-0.3, -0.25) is 4.79 Å². The Morgan fingerprint density at radius 1 is 1.41 bits per heavy atom. The van der Waals surface area contributed by atoms with E-state index in [1.54, 1.807) is 25.3 Å². The second-order valence-corrected chi connectivity index (χ2v) is 3.66. The minimum absolute atomic E-state index is 0.118. The van der Waals surface area contributed by atoms with Gasteiger partial charge in [-0.1, -0.05) is 0 Å². The Balaban J connectivity index is 2.80. The average molecular weight is 258 g/mol. The number of methoxy groups -OCH3 is 1. The van der Waals surface area contributed by atoms with E-state index in [4.69, 9.17) is 21.1 Å². The van der Waals surface area contributed by atoms with Crippen LogP contribution in [0, 0.1) is 0 Å². The summed E-state index contributed by atoms with van der Waals surface area (Å²) in [5, 5.41) is 2.73. The molecule has 0 saturated carbocycles. The summed E-state index contributed by atoms with van der Waals surface area (Å²) in [6.07, 6.45) is 0.289. The second-order valence-electron chi connectivity index (χ2n) is 3.29. The van der Waals surface area contributed by atoms with Crippen molar-refractivity contribution >= 4 is 23.2 Å². The summed E-state index contributed by atoms with van der Waals surface area (Å²) in [6, 6.07) is 5.24. The van der Waals surface area contributed by atoms with Gasteiger partial charge in [-0.15, -0.1) is 11.6 Å². The van der Waals surface area contributed by atoms with Gasteiger partial charge in [0.2, 0.25) is 5.91 Å². The normalized spacial score (nSPS) is 9.82. The van der Waals surface area contributed by atoms with Gasteiger partial charge in [-0.05, 0) is 19.1 Å². The molecule has 94 valence electrons. The molecule has 0 heterocycles. The van der Waals surface area contributed by atoms with E-state index in [0.29, 0.717) is 29.7 Å². The van der Waals surface area contributed by atoms with E-state index >= 15 is 0 Å². The zero-order chi connectivity index (χ0) is 12.7. The molecule has 0 aliphatic rings. The maximum absolute atomic E-state index is 11.4. The summed E-state index contributed by atoms with van der Waals surface area (Å²) in [4.78, 5) is 11.4. The molecule has 1 rings (SSSR count). The number of benzene rings is 1. The summed E-state index contributed by atoms with van der Waals surface area (Å²) < 4.78 is 10.6. The first-order chi connectivity index (χ1) is 8.21. The highest BCUT2D eigenvalue weighted by Crippen LogP contribution is 2.30. The number of halogens is 1. The monoisotopic (exact) mass is 257 g/mol. The van der Waals surface area contributed by atoms with Gasteiger partial charge in [0.05, 0.1) is 13.7 Å². The number of hydrogen-bond donors (Lipinski definition) is 1. The topological polar surface area (TPSA) is 47.6 Å². The molecule has 1 amide bonds. The van der Waals surface area contributed by atoms with Crippen molar-refractivity contribution in [1.82, 2.24) is 0 Å². The van der Waals surface area contributed by atoms with Gasteiger partial charge in [0.25, 0.3) is 0 Å². The van der Waals surface area contributed by atoms with Crippen LogP contribution in [0.15, 0.2) is 18.2 Å². The lowest BCUT2D eigenvalue weighted by molar-refractivity contribution is -0.115. The highest BCUT2D eigenvalue weighted by Gasteiger charge is 2.07. The Labute approximate surface area is 106 Å². The molecular weight excluding hydrogens is 242 g/mol. The van der Waals surface area contributed by atoms with Crippen molar-refractivity contribution in [2.24, 2.45) is 0 Å². The zero-order valence-electron chi connectivity index (χ0n) is 9.96. The molecule has 5 heteroatoms. The van der Waals surface area contributed by atoms with Gasteiger partial charge in [0, 0.05) is 24.1 Å². The van der Waals surface area contributed by atoms with E-state index in [1.807, 2.05) is 6.92 Å². The maximum Gasteiger partial charge on any atom is 0.225 e. The molecule has 0 spiro atoms. The SMILES string of the molecule is CCOc1cc(NC(=O)CCCl)ccc1OC. The van der Waals surface area contributed by atoms with E-state index in [9.17, 15) is 4.79 Å². The number of nitrogens with one attached hydrogen (secondary N) is 1. The van der Waals surface area contributed by atoms with Gasteiger partial charge in [0.15, 0.2) is 11.5 Å². The number of ether oxygens (including phenoxy) is 2. The fraction of sp³-hybridized carbons (Fsp3) is 0.417. The first-order valence-corrected chi connectivity index (χ1v) is 5.91. The van der Waals surface area contributed by atoms with Crippen LogP contribution in [0.25, 0.3) is 0 Å². The Hall–Kier alpha value is -1.42. The third-order valence-electron chi connectivity index (χ3n) is 2.07. The Morgan fingerprint density at radius 3 is 2.76 bits per heavy atom. The van der Waals surface area contributed by atoms with Gasteiger partial charge in [-0.2, -0.15) is 0 Å². The molecule has 1 N–H and O–H groups in total. The van der Waals surface area contributed by atoms with Crippen LogP contribution < -0.4 is 14.8 Å². The zero-order valence-corrected chi connectivity index (χ0v) is 10.7. The van der Waals surface area contributed by atoms with Crippen molar-refractivity contribution in [3.05, 3.63) is 18.2 Å². The van der Waals surface area contributed by atoms with Crippen LogP contribution in [0.2, 0.25) is 0 Å². The number of carbonyl (C=O) groups is 1. The largest absolute Gasteiger partial charge is 0.493 e. The van der Waals surface area contributed by atoms with E-state index in [1.165, 1.54) is 0 Å². The number of anilines is 1. The minimum atomic E-state index is -0.118. The van der Waals surface area contributed by atoms with Crippen molar-refractivity contribution in [2.75, 3.05) is 24.9 Å². The molecule has 0 saturated heterocycles. The van der Waals surface area contributed by atoms with Crippen LogP contribution in [0.5, 0.6) is 11.5 Å². The summed E-state index contributed by atoms with van der Waals surface area (Å²) in [6.45, 7) is 2.42. The van der Waals surface area contributed by atoms with Crippen molar-refractivity contribution in [3.8, 4) is 11.5 Å². The van der Waals surface area contributed by atoms with Crippen LogP contribution in [-0.4, -0.2) is 25.5 Å². The van der Waals surface area contributed by atoms with Crippen LogP contribution in [-0.2, 0) is 4.79 Å². The van der Waals surface area contributed by atoms with E-state index < -0.39 is 0 Å². The lowest BCUT2D eigenvalue weighted by Crippen LogP contribution is -2.11. The van der Waals surface area contributed by atoms with Crippen LogP contribution in [0.4, 0.5) is 5.69 Å². The van der Waals surface area contributed by atoms with Crippen LogP contribution in [0.1, 0.15) is 13.3 Å². The molecule has 0 radical (unpaired) electrons. The average Bonchev–Trinajstić information content (AvgIpc) is 2.30. The Kier molecular flexibility index (Phi) is 5.63. The molecule has 0 aliphatic heterocycles. The molecule has 4 nitrogen and oxygen atoms in total. The molecule has 1 aromatic rings. The fourth-order valence-corrected chi connectivity index (χ4v) is 1.50.